The Morgan fingerprint density at radius 2 is 2.00 bits per heavy atom. The van der Waals surface area contributed by atoms with E-state index in [1.807, 2.05) is 18.2 Å². The van der Waals surface area contributed by atoms with Crippen LogP contribution in [0.15, 0.2) is 24.3 Å². The first-order valence-corrected chi connectivity index (χ1v) is 7.60. The first-order chi connectivity index (χ1) is 8.43. The molecule has 0 bridgehead atoms. The summed E-state index contributed by atoms with van der Waals surface area (Å²) in [6.07, 6.45) is 0. The average molecular weight is 292 g/mol. The third kappa shape index (κ3) is 3.37. The molecule has 0 saturated heterocycles. The fraction of sp³-hybridized carbons (Fsp3) is 0.500. The van der Waals surface area contributed by atoms with E-state index in [1.54, 1.807) is 27.1 Å². The highest BCUT2D eigenvalue weighted by atomic mass is 35.5. The molecule has 0 aromatic heterocycles. The minimum atomic E-state index is -3.37. The number of benzene rings is 1. The summed E-state index contributed by atoms with van der Waals surface area (Å²) in [7, 11) is -0.256. The number of halogens is 1. The van der Waals surface area contributed by atoms with Gasteiger partial charge in [0.25, 0.3) is 0 Å². The zero-order chi connectivity index (χ0) is 13.8. The minimum Gasteiger partial charge on any atom is -0.496 e. The van der Waals surface area contributed by atoms with Crippen LogP contribution in [-0.2, 0) is 16.6 Å². The van der Waals surface area contributed by atoms with Gasteiger partial charge in [-0.3, -0.25) is 0 Å². The Balaban J connectivity index is 2.91. The second-order valence-corrected chi connectivity index (χ2v) is 6.84. The van der Waals surface area contributed by atoms with Crippen LogP contribution in [0.3, 0.4) is 0 Å². The molecule has 0 fully saturated rings. The number of hydrogen-bond donors (Lipinski definition) is 0. The Hall–Kier alpha value is -0.780. The lowest BCUT2D eigenvalue weighted by molar-refractivity contribution is 0.397. The summed E-state index contributed by atoms with van der Waals surface area (Å²) >= 11 is 5.61. The molecule has 1 unspecified atom stereocenters. The van der Waals surface area contributed by atoms with Gasteiger partial charge in [0.1, 0.15) is 5.75 Å². The van der Waals surface area contributed by atoms with Crippen molar-refractivity contribution < 1.29 is 13.2 Å². The van der Waals surface area contributed by atoms with Crippen molar-refractivity contribution in [3.63, 3.8) is 0 Å². The average Bonchev–Trinajstić information content (AvgIpc) is 2.38. The standard InChI is InChI=1S/C12H18ClNO3S/c1-10(8-13)18(15,16)14(2)9-11-6-4-5-7-12(11)17-3/h4-7,10H,8-9H2,1-3H3. The summed E-state index contributed by atoms with van der Waals surface area (Å²) in [6, 6.07) is 7.35. The maximum Gasteiger partial charge on any atom is 0.217 e. The normalized spacial score (nSPS) is 13.6. The lowest BCUT2D eigenvalue weighted by atomic mass is 10.2. The number of rotatable bonds is 6. The van der Waals surface area contributed by atoms with Crippen molar-refractivity contribution in [3.8, 4) is 5.75 Å². The molecule has 0 saturated carbocycles. The highest BCUT2D eigenvalue weighted by molar-refractivity contribution is 7.89. The largest absolute Gasteiger partial charge is 0.496 e. The lowest BCUT2D eigenvalue weighted by Crippen LogP contribution is -2.35. The zero-order valence-corrected chi connectivity index (χ0v) is 12.3. The molecular weight excluding hydrogens is 274 g/mol. The van der Waals surface area contributed by atoms with Crippen molar-refractivity contribution in [1.29, 1.82) is 0 Å². The highest BCUT2D eigenvalue weighted by Crippen LogP contribution is 2.21. The Morgan fingerprint density at radius 1 is 1.39 bits per heavy atom. The Kier molecular flexibility index (Phi) is 5.44. The first-order valence-electron chi connectivity index (χ1n) is 5.56. The molecule has 0 heterocycles. The first kappa shape index (κ1) is 15.3. The molecular formula is C12H18ClNO3S. The summed E-state index contributed by atoms with van der Waals surface area (Å²) in [5.74, 6) is 0.761. The van der Waals surface area contributed by atoms with E-state index in [4.69, 9.17) is 16.3 Å². The molecule has 102 valence electrons. The number of hydrogen-bond acceptors (Lipinski definition) is 3. The van der Waals surface area contributed by atoms with Gasteiger partial charge in [0.15, 0.2) is 0 Å². The van der Waals surface area contributed by atoms with Crippen LogP contribution in [-0.4, -0.2) is 38.0 Å². The molecule has 6 heteroatoms. The quantitative estimate of drug-likeness (QED) is 0.754. The molecule has 0 amide bonds. The molecule has 0 aliphatic carbocycles. The van der Waals surface area contributed by atoms with Crippen LogP contribution >= 0.6 is 11.6 Å². The van der Waals surface area contributed by atoms with Crippen LogP contribution in [0.5, 0.6) is 5.75 Å². The second kappa shape index (κ2) is 6.41. The van der Waals surface area contributed by atoms with Crippen LogP contribution in [0, 0.1) is 0 Å². The van der Waals surface area contributed by atoms with Gasteiger partial charge < -0.3 is 4.74 Å². The highest BCUT2D eigenvalue weighted by Gasteiger charge is 2.25. The molecule has 0 N–H and O–H groups in total. The van der Waals surface area contributed by atoms with Gasteiger partial charge in [-0.2, -0.15) is 0 Å². The van der Waals surface area contributed by atoms with Gasteiger partial charge in [0.05, 0.1) is 12.4 Å². The third-order valence-corrected chi connectivity index (χ3v) is 5.57. The SMILES string of the molecule is COc1ccccc1CN(C)S(=O)(=O)C(C)CCl. The molecule has 18 heavy (non-hydrogen) atoms. The van der Waals surface area contributed by atoms with Crippen molar-refractivity contribution in [1.82, 2.24) is 4.31 Å². The van der Waals surface area contributed by atoms with Crippen LogP contribution < -0.4 is 4.74 Å². The number of ether oxygens (including phenoxy) is 1. The molecule has 4 nitrogen and oxygen atoms in total. The number of para-hydroxylation sites is 1. The fourth-order valence-corrected chi connectivity index (χ4v) is 3.12. The summed E-state index contributed by atoms with van der Waals surface area (Å²) in [6.45, 7) is 1.87. The summed E-state index contributed by atoms with van der Waals surface area (Å²) in [5.41, 5.74) is 0.827. The summed E-state index contributed by atoms with van der Waals surface area (Å²) in [4.78, 5) is 0. The van der Waals surface area contributed by atoms with Crippen molar-refractivity contribution in [3.05, 3.63) is 29.8 Å². The molecule has 1 rings (SSSR count). The van der Waals surface area contributed by atoms with E-state index in [0.29, 0.717) is 5.75 Å². The van der Waals surface area contributed by atoms with Crippen LogP contribution in [0.1, 0.15) is 12.5 Å². The molecule has 0 radical (unpaired) electrons. The maximum absolute atomic E-state index is 12.1. The van der Waals surface area contributed by atoms with Crippen molar-refractivity contribution in [2.75, 3.05) is 20.0 Å². The third-order valence-electron chi connectivity index (χ3n) is 2.75. The smallest absolute Gasteiger partial charge is 0.217 e. The number of methoxy groups -OCH3 is 1. The summed E-state index contributed by atoms with van der Waals surface area (Å²) < 4.78 is 30.6. The van der Waals surface area contributed by atoms with E-state index in [2.05, 4.69) is 0 Å². The van der Waals surface area contributed by atoms with Crippen LogP contribution in [0.25, 0.3) is 0 Å². The van der Waals surface area contributed by atoms with Crippen molar-refractivity contribution >= 4 is 21.6 Å². The second-order valence-electron chi connectivity index (χ2n) is 4.08. The molecule has 1 atom stereocenters. The van der Waals surface area contributed by atoms with Crippen molar-refractivity contribution in [2.45, 2.75) is 18.7 Å². The maximum atomic E-state index is 12.1. The van der Waals surface area contributed by atoms with E-state index < -0.39 is 15.3 Å². The zero-order valence-electron chi connectivity index (χ0n) is 10.8. The van der Waals surface area contributed by atoms with Gasteiger partial charge in [-0.25, -0.2) is 12.7 Å². The van der Waals surface area contributed by atoms with Crippen LogP contribution in [0.2, 0.25) is 0 Å². The van der Waals surface area contributed by atoms with Gasteiger partial charge in [-0.15, -0.1) is 11.6 Å². The Morgan fingerprint density at radius 3 is 2.56 bits per heavy atom. The van der Waals surface area contributed by atoms with Gasteiger partial charge in [0.2, 0.25) is 10.0 Å². The Labute approximate surface area is 114 Å². The van der Waals surface area contributed by atoms with Gasteiger partial charge in [0, 0.05) is 25.0 Å². The molecule has 1 aromatic rings. The molecule has 0 spiro atoms. The predicted molar refractivity (Wildman–Crippen MR) is 73.6 cm³/mol. The van der Waals surface area contributed by atoms with Crippen molar-refractivity contribution in [2.24, 2.45) is 0 Å². The molecule has 1 aromatic carbocycles. The van der Waals surface area contributed by atoms with Gasteiger partial charge >= 0.3 is 0 Å². The topological polar surface area (TPSA) is 46.6 Å². The predicted octanol–water partition coefficient (Wildman–Crippen LogP) is 2.08. The van der Waals surface area contributed by atoms with Gasteiger partial charge in [-0.1, -0.05) is 18.2 Å². The number of alkyl halides is 1. The summed E-state index contributed by atoms with van der Waals surface area (Å²) in [5, 5.41) is -0.598. The Bertz CT molecular complexity index is 490. The van der Waals surface area contributed by atoms with Crippen LogP contribution in [0.4, 0.5) is 0 Å². The van der Waals surface area contributed by atoms with E-state index in [0.717, 1.165) is 5.56 Å². The van der Waals surface area contributed by atoms with Gasteiger partial charge in [-0.05, 0) is 13.0 Å². The monoisotopic (exact) mass is 291 g/mol. The van der Waals surface area contributed by atoms with E-state index in [9.17, 15) is 8.42 Å². The fourth-order valence-electron chi connectivity index (χ4n) is 1.55. The van der Waals surface area contributed by atoms with E-state index in [-0.39, 0.29) is 12.4 Å². The number of sulfonamides is 1. The van der Waals surface area contributed by atoms with E-state index in [1.165, 1.54) is 4.31 Å². The number of nitrogens with zero attached hydrogens (tertiary/aromatic N) is 1. The van der Waals surface area contributed by atoms with E-state index >= 15 is 0 Å². The lowest BCUT2D eigenvalue weighted by Gasteiger charge is -2.21. The minimum absolute atomic E-state index is 0.0819. The molecule has 0 aliphatic heterocycles. The molecule has 0 aliphatic rings.